The van der Waals surface area contributed by atoms with Crippen LogP contribution in [0.2, 0.25) is 5.28 Å². The molecule has 1 atom stereocenters. The van der Waals surface area contributed by atoms with Crippen LogP contribution in [0.3, 0.4) is 0 Å². The van der Waals surface area contributed by atoms with Gasteiger partial charge < -0.3 is 15.2 Å². The average molecular weight is 231 g/mol. The normalized spacial score (nSPS) is 13.0. The third kappa shape index (κ3) is 8.28. The first-order valence-electron chi connectivity index (χ1n) is 4.96. The monoisotopic (exact) mass is 231 g/mol. The van der Waals surface area contributed by atoms with Crippen molar-refractivity contribution in [3.8, 4) is 0 Å². The molecular weight excluding hydrogens is 213 g/mol. The molecule has 0 rings (SSSR count). The Morgan fingerprint density at radius 3 is 2.33 bits per heavy atom. The van der Waals surface area contributed by atoms with Crippen LogP contribution in [0, 0.1) is 0 Å². The van der Waals surface area contributed by atoms with Crippen molar-refractivity contribution in [1.82, 2.24) is 5.32 Å². The number of ether oxygens (including phenoxy) is 1. The number of aliphatic carboxylic acids is 1. The van der Waals surface area contributed by atoms with E-state index in [1.807, 2.05) is 0 Å². The fourth-order valence-electron chi connectivity index (χ4n) is 0.982. The van der Waals surface area contributed by atoms with Crippen LogP contribution in [0.1, 0.15) is 27.2 Å². The van der Waals surface area contributed by atoms with Gasteiger partial charge in [0.15, 0.2) is 0 Å². The maximum atomic E-state index is 11.3. The minimum absolute atomic E-state index is 0.0528. The zero-order valence-corrected chi connectivity index (χ0v) is 11.7. The molecule has 0 aliphatic heterocycles. The van der Waals surface area contributed by atoms with Gasteiger partial charge in [0.2, 0.25) is 16.3 Å². The molecule has 1 amide bonds. The van der Waals surface area contributed by atoms with Gasteiger partial charge in [-0.05, 0) is 20.8 Å². The summed E-state index contributed by atoms with van der Waals surface area (Å²) in [5.74, 6) is -0.910. The first kappa shape index (κ1) is 14.3. The molecule has 0 aromatic carbocycles. The second-order valence-electron chi connectivity index (χ2n) is 4.35. The van der Waals surface area contributed by atoms with E-state index in [1.165, 1.54) is 0 Å². The molecule has 0 aromatic heterocycles. The van der Waals surface area contributed by atoms with Crippen molar-refractivity contribution in [1.29, 1.82) is 0 Å². The lowest BCUT2D eigenvalue weighted by Gasteiger charge is -2.22. The summed E-state index contributed by atoms with van der Waals surface area (Å²) in [6, 6.07) is -0.316. The van der Waals surface area contributed by atoms with Crippen LogP contribution >= 0.6 is 0 Å². The van der Waals surface area contributed by atoms with Crippen molar-refractivity contribution in [2.24, 2.45) is 0 Å². The van der Waals surface area contributed by atoms with Crippen molar-refractivity contribution in [3.05, 3.63) is 0 Å². The molecule has 0 fully saturated rings. The van der Waals surface area contributed by atoms with E-state index in [0.717, 1.165) is 16.3 Å². The van der Waals surface area contributed by atoms with Crippen LogP contribution in [0.4, 0.5) is 4.79 Å². The topological polar surface area (TPSA) is 75.6 Å². The maximum Gasteiger partial charge on any atom is 0.407 e. The summed E-state index contributed by atoms with van der Waals surface area (Å²) in [5, 5.41) is 11.8. The molecular formula is C9H18AlNO4. The number of hydrogen-bond donors (Lipinski definition) is 2. The molecule has 0 spiro atoms. The molecule has 5 nitrogen and oxygen atoms in total. The zero-order valence-electron chi connectivity index (χ0n) is 9.66. The van der Waals surface area contributed by atoms with Crippen LogP contribution in [-0.4, -0.2) is 45.1 Å². The molecule has 0 aromatic rings. The Bertz CT molecular complexity index is 237. The Kier molecular flexibility index (Phi) is 5.70. The van der Waals surface area contributed by atoms with Crippen molar-refractivity contribution >= 4 is 28.4 Å². The lowest BCUT2D eigenvalue weighted by Crippen LogP contribution is -2.40. The number of nitrogens with one attached hydrogen (secondary N) is 1. The third-order valence-electron chi connectivity index (χ3n) is 1.63. The standard InChI is InChI=1S/C9H16NO4.Al.2H/c1-6(5-7(11)12)10-8(13)14-9(2,3)4;;;/h6H,1,5H2,2-4H3,(H,10,13)(H,11,12);;;/t6-;;;/m1.../s1. The molecule has 0 bridgehead atoms. The molecule has 0 saturated heterocycles. The number of carbonyl (C=O) groups is 2. The molecule has 0 aliphatic rings. The van der Waals surface area contributed by atoms with Crippen molar-refractivity contribution in [2.45, 2.75) is 44.1 Å². The minimum atomic E-state index is -0.910. The molecule has 86 valence electrons. The van der Waals surface area contributed by atoms with Gasteiger partial charge in [0, 0.05) is 6.04 Å². The summed E-state index contributed by atoms with van der Waals surface area (Å²) < 4.78 is 5.02. The second kappa shape index (κ2) is 5.99. The fraction of sp³-hybridized carbons (Fsp3) is 0.778. The highest BCUT2D eigenvalue weighted by Gasteiger charge is 2.19. The van der Waals surface area contributed by atoms with Crippen molar-refractivity contribution < 1.29 is 19.4 Å². The number of rotatable bonds is 4. The molecule has 6 heteroatoms. The smallest absolute Gasteiger partial charge is 0.407 e. The summed E-state index contributed by atoms with van der Waals surface area (Å²) in [6.45, 7) is 5.29. The van der Waals surface area contributed by atoms with E-state index < -0.39 is 17.7 Å². The van der Waals surface area contributed by atoms with Crippen LogP contribution in [0.5, 0.6) is 0 Å². The average Bonchev–Trinajstić information content (AvgIpc) is 1.98. The molecule has 0 aliphatic carbocycles. The Hall–Kier alpha value is -0.728. The Morgan fingerprint density at radius 2 is 2.00 bits per heavy atom. The Morgan fingerprint density at radius 1 is 1.47 bits per heavy atom. The predicted molar refractivity (Wildman–Crippen MR) is 58.8 cm³/mol. The molecule has 0 radical (unpaired) electrons. The van der Waals surface area contributed by atoms with Gasteiger partial charge in [0.1, 0.15) is 5.60 Å². The van der Waals surface area contributed by atoms with Crippen LogP contribution in [0.15, 0.2) is 0 Å². The molecule has 0 heterocycles. The minimum Gasteiger partial charge on any atom is -0.481 e. The molecule has 15 heavy (non-hydrogen) atoms. The predicted octanol–water partition coefficient (Wildman–Crippen LogP) is 0.406. The molecule has 0 unspecified atom stereocenters. The molecule has 0 saturated carbocycles. The Labute approximate surface area is 97.6 Å². The quantitative estimate of drug-likeness (QED) is 0.687. The van der Waals surface area contributed by atoms with E-state index in [1.54, 1.807) is 20.8 Å². The van der Waals surface area contributed by atoms with E-state index in [0.29, 0.717) is 5.28 Å². The van der Waals surface area contributed by atoms with Gasteiger partial charge in [0.05, 0.1) is 6.42 Å². The van der Waals surface area contributed by atoms with Crippen molar-refractivity contribution in [3.63, 3.8) is 0 Å². The summed E-state index contributed by atoms with van der Waals surface area (Å²) >= 11 is 0.841. The lowest BCUT2D eigenvalue weighted by molar-refractivity contribution is -0.137. The number of carboxylic acid groups (broad SMARTS) is 1. The van der Waals surface area contributed by atoms with E-state index in [2.05, 4.69) is 5.32 Å². The van der Waals surface area contributed by atoms with Gasteiger partial charge in [-0.15, -0.1) is 0 Å². The van der Waals surface area contributed by atoms with Gasteiger partial charge in [-0.25, -0.2) is 4.79 Å². The first-order valence-corrected chi connectivity index (χ1v) is 6.37. The van der Waals surface area contributed by atoms with E-state index >= 15 is 0 Å². The maximum absolute atomic E-state index is 11.3. The summed E-state index contributed by atoms with van der Waals surface area (Å²) in [7, 11) is 0. The number of alkyl carbamates (subject to hydrolysis) is 1. The van der Waals surface area contributed by atoms with Gasteiger partial charge in [-0.3, -0.25) is 4.79 Å². The first-order chi connectivity index (χ1) is 6.74. The van der Waals surface area contributed by atoms with E-state index in [4.69, 9.17) is 9.84 Å². The van der Waals surface area contributed by atoms with E-state index in [9.17, 15) is 9.59 Å². The fourth-order valence-corrected chi connectivity index (χ4v) is 1.48. The van der Waals surface area contributed by atoms with Gasteiger partial charge >= 0.3 is 12.1 Å². The second-order valence-corrected chi connectivity index (χ2v) is 5.17. The van der Waals surface area contributed by atoms with E-state index in [-0.39, 0.29) is 12.5 Å². The highest BCUT2D eigenvalue weighted by atomic mass is 27.0. The summed E-state index contributed by atoms with van der Waals surface area (Å²) in [5.41, 5.74) is -0.553. The zero-order chi connectivity index (χ0) is 12.1. The highest BCUT2D eigenvalue weighted by molar-refractivity contribution is 6.09. The van der Waals surface area contributed by atoms with Gasteiger partial charge in [0.25, 0.3) is 0 Å². The third-order valence-corrected chi connectivity index (χ3v) is 2.62. The largest absolute Gasteiger partial charge is 0.481 e. The van der Waals surface area contributed by atoms with Crippen LogP contribution in [-0.2, 0) is 9.53 Å². The summed E-state index contributed by atoms with van der Waals surface area (Å²) in [4.78, 5) is 21.8. The summed E-state index contributed by atoms with van der Waals surface area (Å²) in [6.07, 6.45) is -0.604. The van der Waals surface area contributed by atoms with Crippen molar-refractivity contribution in [2.75, 3.05) is 0 Å². The van der Waals surface area contributed by atoms with Crippen LogP contribution in [0.25, 0.3) is 0 Å². The van der Waals surface area contributed by atoms with Gasteiger partial charge in [-0.1, -0.05) is 5.28 Å². The van der Waals surface area contributed by atoms with Crippen LogP contribution < -0.4 is 5.32 Å². The van der Waals surface area contributed by atoms with Gasteiger partial charge in [-0.2, -0.15) is 0 Å². The number of hydrogen-bond acceptors (Lipinski definition) is 3. The number of amides is 1. The number of carboxylic acids is 1. The molecule has 2 N–H and O–H groups in total. The highest BCUT2D eigenvalue weighted by Crippen LogP contribution is 2.07. The Balaban J connectivity index is 4.07. The number of carbonyl (C=O) groups excluding carboxylic acids is 1. The SMILES string of the molecule is CC(C)(C)OC(=O)N[C@H]([CH2][AlH2])CC(=O)O. The lowest BCUT2D eigenvalue weighted by atomic mass is 10.2.